The summed E-state index contributed by atoms with van der Waals surface area (Å²) in [5.74, 6) is 1.07. The number of amides is 1. The first-order valence-electron chi connectivity index (χ1n) is 12.9. The van der Waals surface area contributed by atoms with E-state index in [4.69, 9.17) is 21.4 Å². The van der Waals surface area contributed by atoms with Crippen molar-refractivity contribution >= 4 is 40.2 Å². The average Bonchev–Trinajstić information content (AvgIpc) is 3.69. The van der Waals surface area contributed by atoms with Crippen LogP contribution in [0.3, 0.4) is 0 Å². The van der Waals surface area contributed by atoms with Crippen LogP contribution in [0.15, 0.2) is 82.1 Å². The van der Waals surface area contributed by atoms with Crippen molar-refractivity contribution in [1.82, 2.24) is 9.80 Å². The van der Waals surface area contributed by atoms with Gasteiger partial charge in [0.2, 0.25) is 0 Å². The normalized spacial score (nSPS) is 17.1. The van der Waals surface area contributed by atoms with E-state index >= 15 is 0 Å². The molecule has 2 aliphatic rings. The molecule has 1 aromatic heterocycles. The van der Waals surface area contributed by atoms with Crippen molar-refractivity contribution in [2.24, 2.45) is 0 Å². The highest BCUT2D eigenvalue weighted by atomic mass is 32.2. The van der Waals surface area contributed by atoms with E-state index < -0.39 is 0 Å². The molecule has 3 heterocycles. The van der Waals surface area contributed by atoms with Crippen LogP contribution in [0.5, 0.6) is 0 Å². The lowest BCUT2D eigenvalue weighted by Gasteiger charge is -2.14. The molecule has 0 bridgehead atoms. The van der Waals surface area contributed by atoms with Crippen molar-refractivity contribution in [1.29, 1.82) is 0 Å². The molecule has 0 atom stereocenters. The summed E-state index contributed by atoms with van der Waals surface area (Å²) >= 11 is 6.76. The fourth-order valence-electron chi connectivity index (χ4n) is 4.59. The summed E-state index contributed by atoms with van der Waals surface area (Å²) in [6.45, 7) is 4.19. The minimum Gasteiger partial charge on any atom is -0.462 e. The van der Waals surface area contributed by atoms with Gasteiger partial charge in [-0.25, -0.2) is 4.79 Å². The summed E-state index contributed by atoms with van der Waals surface area (Å²) in [6.07, 6.45) is 5.74. The third-order valence-corrected chi connectivity index (χ3v) is 8.09. The summed E-state index contributed by atoms with van der Waals surface area (Å²) in [7, 11) is 0. The van der Waals surface area contributed by atoms with Crippen LogP contribution in [0, 0.1) is 0 Å². The van der Waals surface area contributed by atoms with Gasteiger partial charge in [-0.05, 0) is 62.2 Å². The van der Waals surface area contributed by atoms with Crippen LogP contribution in [-0.4, -0.2) is 52.2 Å². The Balaban J connectivity index is 1.13. The van der Waals surface area contributed by atoms with E-state index in [1.54, 1.807) is 17.0 Å². The van der Waals surface area contributed by atoms with E-state index in [2.05, 4.69) is 4.90 Å². The lowest BCUT2D eigenvalue weighted by atomic mass is 10.1. The number of benzene rings is 2. The van der Waals surface area contributed by atoms with Gasteiger partial charge in [0.05, 0.1) is 23.6 Å². The van der Waals surface area contributed by atoms with Crippen molar-refractivity contribution in [3.63, 3.8) is 0 Å². The number of nitrogens with zero attached hydrogens (tertiary/aromatic N) is 2. The maximum atomic E-state index is 12.9. The van der Waals surface area contributed by atoms with Crippen LogP contribution in [0.1, 0.15) is 40.9 Å². The predicted octanol–water partition coefficient (Wildman–Crippen LogP) is 6.08. The number of hydrogen-bond donors (Lipinski definition) is 0. The van der Waals surface area contributed by atoms with Gasteiger partial charge in [-0.15, -0.1) is 0 Å². The van der Waals surface area contributed by atoms with Crippen molar-refractivity contribution in [2.45, 2.75) is 32.2 Å². The first-order valence-corrected chi connectivity index (χ1v) is 14.2. The molecule has 0 saturated carbocycles. The lowest BCUT2D eigenvalue weighted by Crippen LogP contribution is -2.27. The number of ether oxygens (including phenoxy) is 1. The molecule has 2 saturated heterocycles. The minimum absolute atomic E-state index is 0.0749. The summed E-state index contributed by atoms with van der Waals surface area (Å²) in [4.78, 5) is 29.9. The summed E-state index contributed by atoms with van der Waals surface area (Å²) < 4.78 is 12.0. The largest absolute Gasteiger partial charge is 0.462 e. The van der Waals surface area contributed by atoms with Crippen LogP contribution >= 0.6 is 24.0 Å². The number of furan rings is 1. The van der Waals surface area contributed by atoms with Gasteiger partial charge >= 0.3 is 5.97 Å². The van der Waals surface area contributed by atoms with Gasteiger partial charge in [0.25, 0.3) is 5.91 Å². The van der Waals surface area contributed by atoms with Gasteiger partial charge in [0.15, 0.2) is 0 Å². The molecule has 0 radical (unpaired) electrons. The zero-order valence-corrected chi connectivity index (χ0v) is 22.8. The molecule has 196 valence electrons. The number of hydrogen-bond acceptors (Lipinski definition) is 7. The van der Waals surface area contributed by atoms with E-state index in [-0.39, 0.29) is 11.9 Å². The first kappa shape index (κ1) is 26.4. The molecule has 3 aromatic rings. The molecule has 2 aliphatic heterocycles. The number of carbonyl (C=O) groups is 2. The zero-order valence-electron chi connectivity index (χ0n) is 21.1. The van der Waals surface area contributed by atoms with E-state index in [9.17, 15) is 9.59 Å². The van der Waals surface area contributed by atoms with Gasteiger partial charge in [-0.1, -0.05) is 72.5 Å². The van der Waals surface area contributed by atoms with Crippen molar-refractivity contribution < 1.29 is 18.7 Å². The average molecular weight is 547 g/mol. The van der Waals surface area contributed by atoms with Gasteiger partial charge in [0.1, 0.15) is 15.8 Å². The Morgan fingerprint density at radius 2 is 1.79 bits per heavy atom. The molecule has 0 N–H and O–H groups in total. The van der Waals surface area contributed by atoms with Crippen LogP contribution in [0.4, 0.5) is 0 Å². The predicted molar refractivity (Wildman–Crippen MR) is 154 cm³/mol. The molecule has 8 heteroatoms. The standard InChI is InChI=1S/C30H30N2O4S2/c33-28-27(38-30(37)32(28)21-22-7-2-1-3-8-22)16-14-25-13-15-26(36-25)23-9-11-24(12-10-23)29(34)35-20-6-19-31-17-4-5-18-31/h1-3,7-13,15-16H,4-6,14,17-21H2/b27-16+. The summed E-state index contributed by atoms with van der Waals surface area (Å²) in [5.41, 5.74) is 2.44. The fourth-order valence-corrected chi connectivity index (χ4v) is 5.82. The van der Waals surface area contributed by atoms with E-state index in [1.807, 2.05) is 60.7 Å². The Bertz CT molecular complexity index is 1310. The molecule has 0 unspecified atom stereocenters. The molecule has 0 spiro atoms. The quantitative estimate of drug-likeness (QED) is 0.132. The van der Waals surface area contributed by atoms with E-state index in [1.165, 1.54) is 24.6 Å². The van der Waals surface area contributed by atoms with E-state index in [0.717, 1.165) is 42.9 Å². The molecular formula is C30H30N2O4S2. The highest BCUT2D eigenvalue weighted by Crippen LogP contribution is 2.33. The number of rotatable bonds is 10. The molecular weight excluding hydrogens is 516 g/mol. The van der Waals surface area contributed by atoms with Crippen LogP contribution in [0.25, 0.3) is 11.3 Å². The molecule has 6 nitrogen and oxygen atoms in total. The second-order valence-electron chi connectivity index (χ2n) is 9.40. The minimum atomic E-state index is -0.303. The summed E-state index contributed by atoms with van der Waals surface area (Å²) in [6, 6.07) is 20.9. The number of thioether (sulfide) groups is 1. The third kappa shape index (κ3) is 6.62. The van der Waals surface area contributed by atoms with Gasteiger partial charge < -0.3 is 14.1 Å². The Morgan fingerprint density at radius 1 is 1.03 bits per heavy atom. The molecule has 0 aliphatic carbocycles. The number of thiocarbonyl (C=S) groups is 1. The fraction of sp³-hybridized carbons (Fsp3) is 0.300. The monoisotopic (exact) mass is 546 g/mol. The van der Waals surface area contributed by atoms with Crippen molar-refractivity contribution in [3.05, 3.63) is 94.6 Å². The second-order valence-corrected chi connectivity index (χ2v) is 11.1. The SMILES string of the molecule is O=C(OCCCN1CCCC1)c1ccc(-c2ccc(C/C=C3/SC(=S)N(Cc4ccccc4)C3=O)o2)cc1. The molecule has 2 aromatic carbocycles. The van der Waals surface area contributed by atoms with Crippen LogP contribution in [0.2, 0.25) is 0 Å². The molecule has 2 fully saturated rings. The molecule has 1 amide bonds. The van der Waals surface area contributed by atoms with Gasteiger partial charge in [-0.3, -0.25) is 9.69 Å². The second kappa shape index (κ2) is 12.6. The Kier molecular flexibility index (Phi) is 8.73. The van der Waals surface area contributed by atoms with Crippen molar-refractivity contribution in [2.75, 3.05) is 26.2 Å². The highest BCUT2D eigenvalue weighted by molar-refractivity contribution is 8.26. The Morgan fingerprint density at radius 3 is 2.55 bits per heavy atom. The molecule has 5 rings (SSSR count). The maximum absolute atomic E-state index is 12.9. The number of carbonyl (C=O) groups excluding carboxylic acids is 2. The summed E-state index contributed by atoms with van der Waals surface area (Å²) in [5, 5.41) is 0. The van der Waals surface area contributed by atoms with Crippen LogP contribution in [-0.2, 0) is 22.5 Å². The molecule has 38 heavy (non-hydrogen) atoms. The first-order chi connectivity index (χ1) is 18.6. The zero-order chi connectivity index (χ0) is 26.3. The Labute approximate surface area is 232 Å². The topological polar surface area (TPSA) is 63.0 Å². The third-order valence-electron chi connectivity index (χ3n) is 6.66. The van der Waals surface area contributed by atoms with E-state index in [0.29, 0.717) is 40.1 Å². The van der Waals surface area contributed by atoms with Gasteiger partial charge in [0, 0.05) is 18.5 Å². The Hall–Kier alpha value is -3.20. The van der Waals surface area contributed by atoms with Gasteiger partial charge in [-0.2, -0.15) is 0 Å². The van der Waals surface area contributed by atoms with Crippen molar-refractivity contribution in [3.8, 4) is 11.3 Å². The highest BCUT2D eigenvalue weighted by Gasteiger charge is 2.31. The lowest BCUT2D eigenvalue weighted by molar-refractivity contribution is -0.122. The number of likely N-dealkylation sites (tertiary alicyclic amines) is 1. The van der Waals surface area contributed by atoms with Crippen LogP contribution < -0.4 is 0 Å². The smallest absolute Gasteiger partial charge is 0.338 e. The number of allylic oxidation sites excluding steroid dienone is 1. The number of esters is 1. The maximum Gasteiger partial charge on any atom is 0.338 e.